The van der Waals surface area contributed by atoms with E-state index in [0.717, 1.165) is 82.3 Å². The van der Waals surface area contributed by atoms with E-state index in [1.54, 1.807) is 12.4 Å². The molecule has 0 radical (unpaired) electrons. The quantitative estimate of drug-likeness (QED) is 0.170. The first-order valence-corrected chi connectivity index (χ1v) is 17.2. The van der Waals surface area contributed by atoms with Crippen molar-refractivity contribution >= 4 is 43.4 Å². The molecule has 6 heteroatoms. The monoisotopic (exact) mass is 664 g/mol. The first-order chi connectivity index (χ1) is 25.8. The zero-order valence-electron chi connectivity index (χ0n) is 27.8. The van der Waals surface area contributed by atoms with E-state index in [1.807, 2.05) is 67.0 Å². The maximum absolute atomic E-state index is 5.16. The van der Waals surface area contributed by atoms with Gasteiger partial charge in [0.2, 0.25) is 0 Å². The molecule has 242 valence electrons. The van der Waals surface area contributed by atoms with Gasteiger partial charge in [0.15, 0.2) is 17.5 Å². The molecule has 0 N–H and O–H groups in total. The van der Waals surface area contributed by atoms with Crippen molar-refractivity contribution in [3.8, 4) is 56.4 Å². The van der Waals surface area contributed by atoms with Crippen LogP contribution in [-0.2, 0) is 0 Å². The summed E-state index contributed by atoms with van der Waals surface area (Å²) < 4.78 is 0. The molecule has 0 aliphatic rings. The fourth-order valence-electron chi connectivity index (χ4n) is 7.29. The molecule has 0 spiro atoms. The summed E-state index contributed by atoms with van der Waals surface area (Å²) in [6, 6.07) is 50.4. The fourth-order valence-corrected chi connectivity index (χ4v) is 7.29. The molecule has 6 aromatic carbocycles. The molecular weight excluding hydrogens is 637 g/mol. The Balaban J connectivity index is 1.33. The molecule has 6 nitrogen and oxygen atoms in total. The molecule has 0 aliphatic heterocycles. The Kier molecular flexibility index (Phi) is 7.03. The smallest absolute Gasteiger partial charge is 0.164 e. The minimum absolute atomic E-state index is 0.578. The molecule has 0 unspecified atom stereocenters. The summed E-state index contributed by atoms with van der Waals surface area (Å²) in [6.45, 7) is 0. The maximum atomic E-state index is 5.16. The maximum Gasteiger partial charge on any atom is 0.164 e. The molecule has 0 aliphatic carbocycles. The highest BCUT2D eigenvalue weighted by atomic mass is 15.0. The Labute approximate surface area is 299 Å². The Bertz CT molecular complexity index is 2660. The number of fused-ring (bicyclic) bond motifs is 4. The Morgan fingerprint density at radius 3 is 1.31 bits per heavy atom. The second-order valence-electron chi connectivity index (χ2n) is 12.8. The van der Waals surface area contributed by atoms with Crippen molar-refractivity contribution in [2.45, 2.75) is 0 Å². The van der Waals surface area contributed by atoms with E-state index in [9.17, 15) is 0 Å². The summed E-state index contributed by atoms with van der Waals surface area (Å²) in [5.74, 6) is 1.76. The van der Waals surface area contributed by atoms with Gasteiger partial charge in [0, 0.05) is 52.3 Å². The highest BCUT2D eigenvalue weighted by Crippen LogP contribution is 2.43. The second-order valence-corrected chi connectivity index (χ2v) is 12.8. The van der Waals surface area contributed by atoms with Gasteiger partial charge in [0.1, 0.15) is 0 Å². The van der Waals surface area contributed by atoms with Crippen molar-refractivity contribution in [1.82, 2.24) is 29.9 Å². The van der Waals surface area contributed by atoms with Gasteiger partial charge in [0.25, 0.3) is 0 Å². The lowest BCUT2D eigenvalue weighted by Crippen LogP contribution is -2.01. The zero-order valence-corrected chi connectivity index (χ0v) is 27.8. The van der Waals surface area contributed by atoms with Gasteiger partial charge < -0.3 is 0 Å². The van der Waals surface area contributed by atoms with Gasteiger partial charge >= 0.3 is 0 Å². The van der Waals surface area contributed by atoms with Gasteiger partial charge in [-0.3, -0.25) is 15.0 Å². The van der Waals surface area contributed by atoms with Gasteiger partial charge in [-0.2, -0.15) is 0 Å². The van der Waals surface area contributed by atoms with Crippen LogP contribution in [0, 0.1) is 0 Å². The molecule has 4 aromatic heterocycles. The molecule has 0 atom stereocenters. The molecule has 10 aromatic rings. The number of nitrogens with zero attached hydrogens (tertiary/aromatic N) is 6. The molecule has 4 heterocycles. The van der Waals surface area contributed by atoms with Crippen LogP contribution in [0.25, 0.3) is 99.8 Å². The van der Waals surface area contributed by atoms with Gasteiger partial charge in [0.05, 0.1) is 11.0 Å². The van der Waals surface area contributed by atoms with Crippen molar-refractivity contribution < 1.29 is 0 Å². The van der Waals surface area contributed by atoms with E-state index in [2.05, 4.69) is 96.0 Å². The van der Waals surface area contributed by atoms with Crippen molar-refractivity contribution in [1.29, 1.82) is 0 Å². The molecule has 0 saturated carbocycles. The molecule has 0 bridgehead atoms. The predicted molar refractivity (Wildman–Crippen MR) is 210 cm³/mol. The van der Waals surface area contributed by atoms with Crippen LogP contribution in [0.15, 0.2) is 170 Å². The van der Waals surface area contributed by atoms with Crippen LogP contribution < -0.4 is 0 Å². The van der Waals surface area contributed by atoms with Crippen molar-refractivity contribution in [2.24, 2.45) is 0 Å². The van der Waals surface area contributed by atoms with E-state index in [4.69, 9.17) is 24.9 Å². The third-order valence-corrected chi connectivity index (χ3v) is 9.63. The number of hydrogen-bond acceptors (Lipinski definition) is 6. The molecule has 10 rings (SSSR count). The summed E-state index contributed by atoms with van der Waals surface area (Å²) in [4.78, 5) is 29.1. The van der Waals surface area contributed by atoms with Crippen LogP contribution in [0.3, 0.4) is 0 Å². The van der Waals surface area contributed by atoms with E-state index in [-0.39, 0.29) is 0 Å². The minimum Gasteiger partial charge on any atom is -0.265 e. The topological polar surface area (TPSA) is 77.3 Å². The van der Waals surface area contributed by atoms with Crippen molar-refractivity contribution in [2.75, 3.05) is 0 Å². The third-order valence-electron chi connectivity index (χ3n) is 9.63. The lowest BCUT2D eigenvalue weighted by atomic mass is 9.88. The number of benzene rings is 6. The van der Waals surface area contributed by atoms with Crippen LogP contribution in [0.2, 0.25) is 0 Å². The molecule has 0 saturated heterocycles. The highest BCUT2D eigenvalue weighted by molar-refractivity contribution is 6.15. The van der Waals surface area contributed by atoms with Gasteiger partial charge in [-0.1, -0.05) is 91.0 Å². The molecule has 0 amide bonds. The fraction of sp³-hybridized carbons (Fsp3) is 0. The van der Waals surface area contributed by atoms with Crippen LogP contribution in [0.1, 0.15) is 0 Å². The molecule has 0 fully saturated rings. The Morgan fingerprint density at radius 1 is 0.308 bits per heavy atom. The van der Waals surface area contributed by atoms with Crippen LogP contribution in [-0.4, -0.2) is 29.9 Å². The average Bonchev–Trinajstić information content (AvgIpc) is 3.22. The first-order valence-electron chi connectivity index (χ1n) is 17.2. The van der Waals surface area contributed by atoms with Crippen LogP contribution in [0.5, 0.6) is 0 Å². The van der Waals surface area contributed by atoms with Crippen LogP contribution >= 0.6 is 0 Å². The Morgan fingerprint density at radius 2 is 0.750 bits per heavy atom. The number of aromatic nitrogens is 6. The van der Waals surface area contributed by atoms with E-state index < -0.39 is 0 Å². The number of rotatable bonds is 5. The predicted octanol–water partition coefficient (Wildman–Crippen LogP) is 11.0. The highest BCUT2D eigenvalue weighted by Gasteiger charge is 2.19. The second kappa shape index (κ2) is 12.3. The number of hydrogen-bond donors (Lipinski definition) is 0. The normalized spacial score (nSPS) is 11.5. The third kappa shape index (κ3) is 5.13. The summed E-state index contributed by atoms with van der Waals surface area (Å²) in [6.07, 6.45) is 7.24. The van der Waals surface area contributed by atoms with Gasteiger partial charge in [-0.15, -0.1) is 0 Å². The van der Waals surface area contributed by atoms with E-state index in [1.165, 1.54) is 0 Å². The summed E-state index contributed by atoms with van der Waals surface area (Å²) in [7, 11) is 0. The SMILES string of the molecule is c1ccc(-c2nc(-c3ccncc3)nc(-c3cc(-c4c5ccccc5cc5ncccc45)cc(-c4c5ccccc5cc5ncccc45)c3)n2)cc1. The van der Waals surface area contributed by atoms with Crippen molar-refractivity contribution in [3.05, 3.63) is 170 Å². The minimum atomic E-state index is 0.578. The largest absolute Gasteiger partial charge is 0.265 e. The number of pyridine rings is 3. The van der Waals surface area contributed by atoms with Gasteiger partial charge in [-0.05, 0) is 98.4 Å². The lowest BCUT2D eigenvalue weighted by Gasteiger charge is -2.17. The first kappa shape index (κ1) is 29.7. The molecular formula is C46H28N6. The van der Waals surface area contributed by atoms with Crippen molar-refractivity contribution in [3.63, 3.8) is 0 Å². The average molecular weight is 665 g/mol. The summed E-state index contributed by atoms with van der Waals surface area (Å²) in [5, 5.41) is 6.70. The Hall–Kier alpha value is -7.18. The van der Waals surface area contributed by atoms with E-state index in [0.29, 0.717) is 17.5 Å². The van der Waals surface area contributed by atoms with Crippen LogP contribution in [0.4, 0.5) is 0 Å². The lowest BCUT2D eigenvalue weighted by molar-refractivity contribution is 1.07. The molecule has 52 heavy (non-hydrogen) atoms. The summed E-state index contributed by atoms with van der Waals surface area (Å²) >= 11 is 0. The zero-order chi connectivity index (χ0) is 34.4. The standard InChI is InChI=1S/C46H28N6/c1-2-10-29(11-3-1)44-50-45(30-18-22-47-23-19-30)52-46(51-44)35-25-33(42-36-14-6-4-12-31(36)27-40-38(42)16-8-20-48-40)24-34(26-35)43-37-15-7-5-13-32(37)28-41-39(43)17-9-21-49-41/h1-28H. The van der Waals surface area contributed by atoms with E-state index >= 15 is 0 Å². The van der Waals surface area contributed by atoms with Gasteiger partial charge in [-0.25, -0.2) is 15.0 Å². The summed E-state index contributed by atoms with van der Waals surface area (Å²) in [5.41, 5.74) is 8.83.